The predicted molar refractivity (Wildman–Crippen MR) is 91.1 cm³/mol. The van der Waals surface area contributed by atoms with Gasteiger partial charge < -0.3 is 0 Å². The van der Waals surface area contributed by atoms with Crippen molar-refractivity contribution in [3.63, 3.8) is 0 Å². The summed E-state index contributed by atoms with van der Waals surface area (Å²) in [6.45, 7) is 0.225. The third-order valence-corrected chi connectivity index (χ3v) is 4.37. The summed E-state index contributed by atoms with van der Waals surface area (Å²) in [5, 5.41) is 10.3. The Labute approximate surface area is 141 Å². The number of nitrogens with zero attached hydrogens (tertiary/aromatic N) is 2. The van der Waals surface area contributed by atoms with Crippen LogP contribution in [0.25, 0.3) is 6.08 Å². The van der Waals surface area contributed by atoms with Gasteiger partial charge in [0.2, 0.25) is 0 Å². The first-order chi connectivity index (χ1) is 11.5. The number of amides is 2. The van der Waals surface area contributed by atoms with Gasteiger partial charge in [-0.1, -0.05) is 30.3 Å². The molecule has 0 radical (unpaired) electrons. The number of rotatable bonds is 4. The lowest BCUT2D eigenvalue weighted by Gasteiger charge is -2.12. The fourth-order valence-corrected chi connectivity index (χ4v) is 3.08. The number of carbonyl (C=O) groups is 2. The van der Waals surface area contributed by atoms with Gasteiger partial charge in [0.25, 0.3) is 16.8 Å². The molecule has 120 valence electrons. The van der Waals surface area contributed by atoms with Gasteiger partial charge in [0, 0.05) is 12.1 Å². The molecule has 24 heavy (non-hydrogen) atoms. The van der Waals surface area contributed by atoms with Gasteiger partial charge >= 0.3 is 0 Å². The average Bonchev–Trinajstić information content (AvgIpc) is 2.84. The lowest BCUT2D eigenvalue weighted by molar-refractivity contribution is -0.384. The summed E-state index contributed by atoms with van der Waals surface area (Å²) in [6.07, 6.45) is 1.57. The van der Waals surface area contributed by atoms with Crippen molar-refractivity contribution < 1.29 is 14.5 Å². The van der Waals surface area contributed by atoms with Gasteiger partial charge in [0.1, 0.15) is 0 Å². The summed E-state index contributed by atoms with van der Waals surface area (Å²) in [4.78, 5) is 36.1. The molecular formula is C17H12N2O4S. The maximum Gasteiger partial charge on any atom is 0.293 e. The van der Waals surface area contributed by atoms with Gasteiger partial charge in [0.05, 0.1) is 16.4 Å². The van der Waals surface area contributed by atoms with Crippen molar-refractivity contribution in [2.24, 2.45) is 0 Å². The van der Waals surface area contributed by atoms with E-state index >= 15 is 0 Å². The van der Waals surface area contributed by atoms with Crippen LogP contribution < -0.4 is 0 Å². The molecule has 1 aliphatic heterocycles. The molecule has 1 fully saturated rings. The van der Waals surface area contributed by atoms with Crippen LogP contribution in [-0.2, 0) is 11.3 Å². The number of carbonyl (C=O) groups excluding carboxylic acids is 2. The van der Waals surface area contributed by atoms with Crippen molar-refractivity contribution in [1.82, 2.24) is 4.90 Å². The Hall–Kier alpha value is -2.93. The Balaban J connectivity index is 1.79. The molecule has 0 atom stereocenters. The van der Waals surface area contributed by atoms with E-state index in [2.05, 4.69) is 0 Å². The number of hydrogen-bond donors (Lipinski definition) is 0. The molecule has 2 aromatic rings. The molecule has 0 saturated carbocycles. The van der Waals surface area contributed by atoms with Crippen LogP contribution in [0.1, 0.15) is 11.1 Å². The highest BCUT2D eigenvalue weighted by molar-refractivity contribution is 8.18. The molecule has 2 amide bonds. The fourth-order valence-electron chi connectivity index (χ4n) is 2.25. The van der Waals surface area contributed by atoms with E-state index in [0.717, 1.165) is 17.3 Å². The Kier molecular flexibility index (Phi) is 4.43. The van der Waals surface area contributed by atoms with Gasteiger partial charge in [-0.25, -0.2) is 0 Å². The number of hydrogen-bond acceptors (Lipinski definition) is 5. The molecule has 1 heterocycles. The minimum atomic E-state index is -0.489. The zero-order valence-electron chi connectivity index (χ0n) is 12.4. The smallest absolute Gasteiger partial charge is 0.268 e. The van der Waals surface area contributed by atoms with Gasteiger partial charge in [-0.2, -0.15) is 0 Å². The maximum atomic E-state index is 12.4. The van der Waals surface area contributed by atoms with Crippen molar-refractivity contribution in [2.45, 2.75) is 6.54 Å². The molecule has 2 aromatic carbocycles. The zero-order valence-corrected chi connectivity index (χ0v) is 13.2. The van der Waals surface area contributed by atoms with Crippen molar-refractivity contribution in [3.05, 3.63) is 80.7 Å². The largest absolute Gasteiger partial charge is 0.293 e. The lowest BCUT2D eigenvalue weighted by atomic mass is 10.2. The first-order valence-electron chi connectivity index (χ1n) is 7.08. The highest BCUT2D eigenvalue weighted by Crippen LogP contribution is 2.33. The highest BCUT2D eigenvalue weighted by atomic mass is 32.2. The van der Waals surface area contributed by atoms with E-state index in [9.17, 15) is 19.7 Å². The molecule has 0 spiro atoms. The van der Waals surface area contributed by atoms with Crippen LogP contribution in [0.4, 0.5) is 10.5 Å². The standard InChI is InChI=1S/C17H12N2O4S/c20-16-15(10-12-6-8-14(9-7-12)19(22)23)24-17(21)18(16)11-13-4-2-1-3-5-13/h1-10H,11H2/b15-10+. The third-order valence-electron chi connectivity index (χ3n) is 3.46. The lowest BCUT2D eigenvalue weighted by Crippen LogP contribution is -2.27. The van der Waals surface area contributed by atoms with Crippen LogP contribution in [0, 0.1) is 10.1 Å². The second-order valence-corrected chi connectivity index (χ2v) is 6.10. The van der Waals surface area contributed by atoms with Crippen LogP contribution in [0.3, 0.4) is 0 Å². The molecule has 0 aromatic heterocycles. The molecule has 3 rings (SSSR count). The summed E-state index contributed by atoms with van der Waals surface area (Å²) in [5.74, 6) is -0.354. The molecule has 7 heteroatoms. The Bertz CT molecular complexity index is 831. The fraction of sp³-hybridized carbons (Fsp3) is 0.0588. The molecule has 0 bridgehead atoms. The minimum Gasteiger partial charge on any atom is -0.268 e. The first-order valence-corrected chi connectivity index (χ1v) is 7.90. The van der Waals surface area contributed by atoms with Gasteiger partial charge in [-0.15, -0.1) is 0 Å². The number of non-ortho nitro benzene ring substituents is 1. The van der Waals surface area contributed by atoms with Crippen LogP contribution in [0.2, 0.25) is 0 Å². The maximum absolute atomic E-state index is 12.4. The molecule has 0 aliphatic carbocycles. The predicted octanol–water partition coefficient (Wildman–Crippen LogP) is 3.83. The number of thioether (sulfide) groups is 1. The molecular weight excluding hydrogens is 328 g/mol. The van der Waals surface area contributed by atoms with E-state index in [1.807, 2.05) is 30.3 Å². The summed E-state index contributed by atoms with van der Waals surface area (Å²) >= 11 is 0.871. The third kappa shape index (κ3) is 3.36. The summed E-state index contributed by atoms with van der Waals surface area (Å²) < 4.78 is 0. The van der Waals surface area contributed by atoms with E-state index in [1.165, 1.54) is 17.0 Å². The van der Waals surface area contributed by atoms with E-state index in [1.54, 1.807) is 18.2 Å². The SMILES string of the molecule is O=C1S/C(=C/c2ccc([N+](=O)[O-])cc2)C(=O)N1Cc1ccccc1. The number of nitro groups is 1. The minimum absolute atomic E-state index is 0.0238. The highest BCUT2D eigenvalue weighted by Gasteiger charge is 2.34. The Morgan fingerprint density at radius 2 is 1.71 bits per heavy atom. The molecule has 0 unspecified atom stereocenters. The Morgan fingerprint density at radius 3 is 2.33 bits per heavy atom. The molecule has 1 aliphatic rings. The monoisotopic (exact) mass is 340 g/mol. The summed E-state index contributed by atoms with van der Waals surface area (Å²) in [6, 6.07) is 15.1. The summed E-state index contributed by atoms with van der Waals surface area (Å²) in [7, 11) is 0. The number of benzene rings is 2. The van der Waals surface area contributed by atoms with Gasteiger partial charge in [0.15, 0.2) is 0 Å². The normalized spacial score (nSPS) is 16.0. The summed E-state index contributed by atoms with van der Waals surface area (Å²) in [5.41, 5.74) is 1.48. The van der Waals surface area contributed by atoms with Crippen LogP contribution in [0.15, 0.2) is 59.5 Å². The Morgan fingerprint density at radius 1 is 1.04 bits per heavy atom. The van der Waals surface area contributed by atoms with Crippen molar-refractivity contribution in [2.75, 3.05) is 0 Å². The van der Waals surface area contributed by atoms with Crippen LogP contribution >= 0.6 is 11.8 Å². The first kappa shape index (κ1) is 15.9. The quantitative estimate of drug-likeness (QED) is 0.480. The van der Waals surface area contributed by atoms with Gasteiger partial charge in [-0.05, 0) is 41.1 Å². The van der Waals surface area contributed by atoms with Crippen molar-refractivity contribution in [3.8, 4) is 0 Å². The topological polar surface area (TPSA) is 80.5 Å². The number of imide groups is 1. The molecule has 0 N–H and O–H groups in total. The number of nitro benzene ring substituents is 1. The van der Waals surface area contributed by atoms with E-state index < -0.39 is 4.92 Å². The van der Waals surface area contributed by atoms with Crippen molar-refractivity contribution >= 4 is 34.7 Å². The van der Waals surface area contributed by atoms with Crippen molar-refractivity contribution in [1.29, 1.82) is 0 Å². The van der Waals surface area contributed by atoms with Crippen LogP contribution in [0.5, 0.6) is 0 Å². The zero-order chi connectivity index (χ0) is 17.1. The van der Waals surface area contributed by atoms with Crippen LogP contribution in [-0.4, -0.2) is 21.0 Å². The molecule has 1 saturated heterocycles. The second kappa shape index (κ2) is 6.67. The average molecular weight is 340 g/mol. The second-order valence-electron chi connectivity index (χ2n) is 5.10. The van der Waals surface area contributed by atoms with Gasteiger partial charge in [-0.3, -0.25) is 24.6 Å². The molecule has 6 nitrogen and oxygen atoms in total. The van der Waals surface area contributed by atoms with E-state index in [4.69, 9.17) is 0 Å². The van der Waals surface area contributed by atoms with E-state index in [0.29, 0.717) is 10.5 Å². The van der Waals surface area contributed by atoms with E-state index in [-0.39, 0.29) is 23.4 Å².